The van der Waals surface area contributed by atoms with Crippen molar-refractivity contribution in [2.45, 2.75) is 45.6 Å². The lowest BCUT2D eigenvalue weighted by atomic mass is 10.0. The Labute approximate surface area is 116 Å². The Hall–Kier alpha value is -1.35. The van der Waals surface area contributed by atoms with Gasteiger partial charge in [0.25, 0.3) is 0 Å². The first-order chi connectivity index (χ1) is 9.11. The number of benzene rings is 1. The van der Waals surface area contributed by atoms with Crippen LogP contribution in [-0.4, -0.2) is 25.7 Å². The minimum absolute atomic E-state index is 0.130. The van der Waals surface area contributed by atoms with Crippen molar-refractivity contribution in [1.82, 2.24) is 5.32 Å². The summed E-state index contributed by atoms with van der Waals surface area (Å²) in [4.78, 5) is 10.9. The molecule has 3 heteroatoms. The summed E-state index contributed by atoms with van der Waals surface area (Å²) >= 11 is 0. The molecule has 0 saturated heterocycles. The molecule has 0 fully saturated rings. The summed E-state index contributed by atoms with van der Waals surface area (Å²) in [7, 11) is 1.43. The van der Waals surface area contributed by atoms with E-state index in [1.54, 1.807) is 0 Å². The van der Waals surface area contributed by atoms with Crippen LogP contribution in [0.5, 0.6) is 0 Å². The number of methoxy groups -OCH3 is 1. The fourth-order valence-electron chi connectivity index (χ4n) is 2.04. The standard InChI is InChI=1S/C16H25NO2/c1-13-6-4-7-15(12-13)10-9-14(2)17-11-5-8-16(18)19-3/h4,6-7,12,14,17H,5,8-11H2,1-3H3. The zero-order valence-electron chi connectivity index (χ0n) is 12.2. The van der Waals surface area contributed by atoms with E-state index in [9.17, 15) is 4.79 Å². The van der Waals surface area contributed by atoms with E-state index in [0.717, 1.165) is 25.8 Å². The molecule has 1 rings (SSSR count). The van der Waals surface area contributed by atoms with Crippen LogP contribution in [0.25, 0.3) is 0 Å². The van der Waals surface area contributed by atoms with Crippen LogP contribution in [0.2, 0.25) is 0 Å². The minimum Gasteiger partial charge on any atom is -0.469 e. The molecule has 0 aliphatic heterocycles. The second-order valence-corrected chi connectivity index (χ2v) is 5.06. The van der Waals surface area contributed by atoms with E-state index in [2.05, 4.69) is 48.2 Å². The molecule has 0 saturated carbocycles. The van der Waals surface area contributed by atoms with Crippen molar-refractivity contribution in [3.05, 3.63) is 35.4 Å². The Balaban J connectivity index is 2.14. The molecule has 0 aliphatic rings. The molecule has 1 aromatic carbocycles. The first-order valence-corrected chi connectivity index (χ1v) is 6.97. The molecule has 19 heavy (non-hydrogen) atoms. The van der Waals surface area contributed by atoms with Gasteiger partial charge in [-0.15, -0.1) is 0 Å². The van der Waals surface area contributed by atoms with Gasteiger partial charge in [-0.25, -0.2) is 0 Å². The summed E-state index contributed by atoms with van der Waals surface area (Å²) < 4.78 is 4.61. The van der Waals surface area contributed by atoms with Crippen LogP contribution in [-0.2, 0) is 16.0 Å². The van der Waals surface area contributed by atoms with E-state index < -0.39 is 0 Å². The molecule has 0 aromatic heterocycles. The fraction of sp³-hybridized carbons (Fsp3) is 0.562. The van der Waals surface area contributed by atoms with Gasteiger partial charge in [0, 0.05) is 12.5 Å². The summed E-state index contributed by atoms with van der Waals surface area (Å²) in [6.07, 6.45) is 3.53. The highest BCUT2D eigenvalue weighted by molar-refractivity contribution is 5.69. The summed E-state index contributed by atoms with van der Waals surface area (Å²) in [6.45, 7) is 5.18. The number of rotatable bonds is 8. The third kappa shape index (κ3) is 6.97. The predicted octanol–water partition coefficient (Wildman–Crippen LogP) is 2.86. The molecule has 0 radical (unpaired) electrons. The molecule has 0 heterocycles. The van der Waals surface area contributed by atoms with Crippen molar-refractivity contribution in [3.63, 3.8) is 0 Å². The average molecular weight is 263 g/mol. The van der Waals surface area contributed by atoms with E-state index >= 15 is 0 Å². The Morgan fingerprint density at radius 2 is 2.21 bits per heavy atom. The predicted molar refractivity (Wildman–Crippen MR) is 78.2 cm³/mol. The van der Waals surface area contributed by atoms with Gasteiger partial charge in [0.15, 0.2) is 0 Å². The summed E-state index contributed by atoms with van der Waals surface area (Å²) in [6, 6.07) is 9.12. The van der Waals surface area contributed by atoms with Crippen LogP contribution in [0.4, 0.5) is 0 Å². The number of carbonyl (C=O) groups excluding carboxylic acids is 1. The lowest BCUT2D eigenvalue weighted by molar-refractivity contribution is -0.140. The molecule has 1 N–H and O–H groups in total. The Kier molecular flexibility index (Phi) is 7.19. The van der Waals surface area contributed by atoms with Crippen LogP contribution in [0.1, 0.15) is 37.3 Å². The van der Waals surface area contributed by atoms with E-state index in [1.165, 1.54) is 18.2 Å². The van der Waals surface area contributed by atoms with Gasteiger partial charge in [-0.1, -0.05) is 29.8 Å². The van der Waals surface area contributed by atoms with Crippen molar-refractivity contribution >= 4 is 5.97 Å². The number of esters is 1. The molecule has 0 amide bonds. The third-order valence-electron chi connectivity index (χ3n) is 3.23. The van der Waals surface area contributed by atoms with Gasteiger partial charge < -0.3 is 10.1 Å². The number of hydrogen-bond acceptors (Lipinski definition) is 3. The highest BCUT2D eigenvalue weighted by Gasteiger charge is 2.04. The maximum absolute atomic E-state index is 10.9. The zero-order chi connectivity index (χ0) is 14.1. The number of aryl methyl sites for hydroxylation is 2. The van der Waals surface area contributed by atoms with Crippen molar-refractivity contribution < 1.29 is 9.53 Å². The lowest BCUT2D eigenvalue weighted by Crippen LogP contribution is -2.27. The summed E-state index contributed by atoms with van der Waals surface area (Å²) in [5.41, 5.74) is 2.71. The van der Waals surface area contributed by atoms with Crippen molar-refractivity contribution in [2.75, 3.05) is 13.7 Å². The Morgan fingerprint density at radius 3 is 2.89 bits per heavy atom. The number of carbonyl (C=O) groups is 1. The molecule has 0 aliphatic carbocycles. The summed E-state index contributed by atoms with van der Waals surface area (Å²) in [5, 5.41) is 3.44. The zero-order valence-corrected chi connectivity index (χ0v) is 12.2. The monoisotopic (exact) mass is 263 g/mol. The van der Waals surface area contributed by atoms with E-state index in [4.69, 9.17) is 0 Å². The minimum atomic E-state index is -0.130. The molecule has 1 atom stereocenters. The molecule has 0 bridgehead atoms. The number of hydrogen-bond donors (Lipinski definition) is 1. The number of ether oxygens (including phenoxy) is 1. The lowest BCUT2D eigenvalue weighted by Gasteiger charge is -2.13. The normalized spacial score (nSPS) is 12.2. The van der Waals surface area contributed by atoms with Gasteiger partial charge in [-0.3, -0.25) is 4.79 Å². The Bertz CT molecular complexity index is 390. The van der Waals surface area contributed by atoms with Crippen molar-refractivity contribution in [1.29, 1.82) is 0 Å². The summed E-state index contributed by atoms with van der Waals surface area (Å²) in [5.74, 6) is -0.130. The first kappa shape index (κ1) is 15.7. The third-order valence-corrected chi connectivity index (χ3v) is 3.23. The number of nitrogens with one attached hydrogen (secondary N) is 1. The van der Waals surface area contributed by atoms with Gasteiger partial charge >= 0.3 is 5.97 Å². The van der Waals surface area contributed by atoms with Crippen LogP contribution < -0.4 is 5.32 Å². The van der Waals surface area contributed by atoms with Gasteiger partial charge in [0.05, 0.1) is 7.11 Å². The maximum Gasteiger partial charge on any atom is 0.305 e. The topological polar surface area (TPSA) is 38.3 Å². The van der Waals surface area contributed by atoms with Gasteiger partial charge in [0.2, 0.25) is 0 Å². The quantitative estimate of drug-likeness (QED) is 0.579. The molecule has 106 valence electrons. The first-order valence-electron chi connectivity index (χ1n) is 6.97. The largest absolute Gasteiger partial charge is 0.469 e. The Morgan fingerprint density at radius 1 is 1.42 bits per heavy atom. The molecular formula is C16H25NO2. The van der Waals surface area contributed by atoms with E-state index in [1.807, 2.05) is 0 Å². The average Bonchev–Trinajstić information content (AvgIpc) is 2.41. The highest BCUT2D eigenvalue weighted by Crippen LogP contribution is 2.08. The van der Waals surface area contributed by atoms with Crippen LogP contribution in [0.3, 0.4) is 0 Å². The highest BCUT2D eigenvalue weighted by atomic mass is 16.5. The molecule has 0 spiro atoms. The fourth-order valence-corrected chi connectivity index (χ4v) is 2.04. The SMILES string of the molecule is COC(=O)CCCNC(C)CCc1cccc(C)c1. The van der Waals surface area contributed by atoms with Crippen LogP contribution >= 0.6 is 0 Å². The van der Waals surface area contributed by atoms with Crippen molar-refractivity contribution in [2.24, 2.45) is 0 Å². The van der Waals surface area contributed by atoms with Crippen molar-refractivity contribution in [3.8, 4) is 0 Å². The van der Waals surface area contributed by atoms with E-state index in [-0.39, 0.29) is 5.97 Å². The molecule has 3 nitrogen and oxygen atoms in total. The molecular weight excluding hydrogens is 238 g/mol. The molecule has 1 aromatic rings. The van der Waals surface area contributed by atoms with Gasteiger partial charge in [-0.05, 0) is 45.2 Å². The maximum atomic E-state index is 10.9. The molecule has 1 unspecified atom stereocenters. The van der Waals surface area contributed by atoms with Crippen LogP contribution in [0, 0.1) is 6.92 Å². The smallest absolute Gasteiger partial charge is 0.305 e. The van der Waals surface area contributed by atoms with E-state index in [0.29, 0.717) is 12.5 Å². The second-order valence-electron chi connectivity index (χ2n) is 5.06. The van der Waals surface area contributed by atoms with Crippen LogP contribution in [0.15, 0.2) is 24.3 Å². The van der Waals surface area contributed by atoms with Gasteiger partial charge in [-0.2, -0.15) is 0 Å². The van der Waals surface area contributed by atoms with Gasteiger partial charge in [0.1, 0.15) is 0 Å². The second kappa shape index (κ2) is 8.70.